The molecule has 0 aromatic heterocycles. The van der Waals surface area contributed by atoms with Crippen LogP contribution in [0.4, 0.5) is 0 Å². The van der Waals surface area contributed by atoms with Gasteiger partial charge in [0.25, 0.3) is 0 Å². The molecule has 0 amide bonds. The Labute approximate surface area is 222 Å². The molecule has 0 bridgehead atoms. The third-order valence-corrected chi connectivity index (χ3v) is 7.28. The molecule has 0 aromatic carbocycles. The molecule has 4 unspecified atom stereocenters. The van der Waals surface area contributed by atoms with Crippen LogP contribution in [0.1, 0.15) is 142 Å². The number of unbranched alkanes of at least 4 members (excludes halogenated alkanes) is 12. The van der Waals surface area contributed by atoms with Gasteiger partial charge >= 0.3 is 10.4 Å². The van der Waals surface area contributed by atoms with Crippen LogP contribution >= 0.6 is 0 Å². The summed E-state index contributed by atoms with van der Waals surface area (Å²) in [4.78, 5) is 0. The molecule has 2 aliphatic rings. The predicted molar refractivity (Wildman–Crippen MR) is 146 cm³/mol. The molecule has 2 fully saturated rings. The van der Waals surface area contributed by atoms with Gasteiger partial charge in [-0.1, -0.05) is 104 Å². The van der Waals surface area contributed by atoms with Gasteiger partial charge in [-0.25, -0.2) is 0 Å². The molecule has 2 N–H and O–H groups in total. The van der Waals surface area contributed by atoms with Gasteiger partial charge in [-0.15, -0.1) is 0 Å². The summed E-state index contributed by atoms with van der Waals surface area (Å²) in [5.74, 6) is 0. The summed E-state index contributed by atoms with van der Waals surface area (Å²) >= 11 is 0. The lowest BCUT2D eigenvalue weighted by atomic mass is 9.97. The molecule has 8 heteroatoms. The Morgan fingerprint density at radius 2 is 0.972 bits per heavy atom. The molecule has 7 nitrogen and oxygen atoms in total. The standard InChI is InChI=1S/C28H54O3.H2O4S/c1-3-5-7-9-11-13-15-17-27(23-25-19-21-29-25)31-28(24-26-20-22-30-26)18-16-14-12-10-8-6-4-2;1-5(2,3)4/h25-28H,3-24H2,1-2H3;(H2,1,2,3,4). The number of hydrogen-bond donors (Lipinski definition) is 2. The number of rotatable bonds is 22. The predicted octanol–water partition coefficient (Wildman–Crippen LogP) is 7.73. The van der Waals surface area contributed by atoms with Gasteiger partial charge in [0, 0.05) is 13.2 Å². The fourth-order valence-electron chi connectivity index (χ4n) is 4.94. The largest absolute Gasteiger partial charge is 0.394 e. The zero-order chi connectivity index (χ0) is 26.5. The molecule has 2 aliphatic heterocycles. The van der Waals surface area contributed by atoms with Gasteiger partial charge in [-0.3, -0.25) is 9.11 Å². The van der Waals surface area contributed by atoms with E-state index >= 15 is 0 Å². The van der Waals surface area contributed by atoms with E-state index in [1.807, 2.05) is 0 Å². The Hall–Kier alpha value is -0.250. The van der Waals surface area contributed by atoms with Crippen molar-refractivity contribution in [1.29, 1.82) is 0 Å². The molecule has 216 valence electrons. The van der Waals surface area contributed by atoms with E-state index in [0.717, 1.165) is 26.1 Å². The smallest absolute Gasteiger partial charge is 0.378 e. The van der Waals surface area contributed by atoms with Crippen molar-refractivity contribution in [2.24, 2.45) is 0 Å². The third-order valence-electron chi connectivity index (χ3n) is 7.28. The van der Waals surface area contributed by atoms with Crippen molar-refractivity contribution in [3.05, 3.63) is 0 Å². The highest BCUT2D eigenvalue weighted by Gasteiger charge is 2.28. The van der Waals surface area contributed by atoms with E-state index in [-0.39, 0.29) is 0 Å². The van der Waals surface area contributed by atoms with Crippen molar-refractivity contribution < 1.29 is 31.7 Å². The van der Waals surface area contributed by atoms with Crippen LogP contribution in [0.3, 0.4) is 0 Å². The van der Waals surface area contributed by atoms with E-state index < -0.39 is 10.4 Å². The van der Waals surface area contributed by atoms with E-state index in [9.17, 15) is 0 Å². The first-order valence-corrected chi connectivity index (χ1v) is 16.3. The van der Waals surface area contributed by atoms with Crippen molar-refractivity contribution in [2.45, 2.75) is 167 Å². The minimum absolute atomic E-state index is 0.385. The van der Waals surface area contributed by atoms with Gasteiger partial charge in [0.1, 0.15) is 0 Å². The topological polar surface area (TPSA) is 102 Å². The lowest BCUT2D eigenvalue weighted by molar-refractivity contribution is -0.124. The number of hydrogen-bond acceptors (Lipinski definition) is 5. The zero-order valence-corrected chi connectivity index (χ0v) is 24.0. The Bertz CT molecular complexity index is 547. The molecule has 36 heavy (non-hydrogen) atoms. The second-order valence-electron chi connectivity index (χ2n) is 10.7. The highest BCUT2D eigenvalue weighted by Crippen LogP contribution is 2.27. The summed E-state index contributed by atoms with van der Waals surface area (Å²) in [6.45, 7) is 6.49. The summed E-state index contributed by atoms with van der Waals surface area (Å²) in [7, 11) is -4.67. The second-order valence-corrected chi connectivity index (χ2v) is 11.6. The first-order valence-electron chi connectivity index (χ1n) is 14.9. The summed E-state index contributed by atoms with van der Waals surface area (Å²) in [6.07, 6.45) is 28.0. The van der Waals surface area contributed by atoms with Crippen molar-refractivity contribution in [1.82, 2.24) is 0 Å². The molecular weight excluding hydrogens is 480 g/mol. The normalized spacial score (nSPS) is 21.1. The highest BCUT2D eigenvalue weighted by atomic mass is 32.3. The van der Waals surface area contributed by atoms with Gasteiger partial charge in [0.2, 0.25) is 0 Å². The molecule has 0 aliphatic carbocycles. The molecule has 0 aromatic rings. The van der Waals surface area contributed by atoms with Crippen LogP contribution in [-0.2, 0) is 24.6 Å². The van der Waals surface area contributed by atoms with Crippen molar-refractivity contribution in [3.8, 4) is 0 Å². The quantitative estimate of drug-likeness (QED) is 0.108. The van der Waals surface area contributed by atoms with Crippen LogP contribution in [0.15, 0.2) is 0 Å². The van der Waals surface area contributed by atoms with Crippen LogP contribution in [0.5, 0.6) is 0 Å². The molecule has 2 rings (SSSR count). The molecule has 2 heterocycles. The van der Waals surface area contributed by atoms with E-state index in [0.29, 0.717) is 24.4 Å². The van der Waals surface area contributed by atoms with Crippen molar-refractivity contribution in [3.63, 3.8) is 0 Å². The summed E-state index contributed by atoms with van der Waals surface area (Å²) in [5.41, 5.74) is 0. The first kappa shape index (κ1) is 33.8. The fourth-order valence-corrected chi connectivity index (χ4v) is 4.94. The van der Waals surface area contributed by atoms with Gasteiger partial charge in [-0.2, -0.15) is 8.42 Å². The average Bonchev–Trinajstić information content (AvgIpc) is 2.75. The van der Waals surface area contributed by atoms with E-state index in [1.54, 1.807) is 0 Å². The molecule has 0 saturated carbocycles. The van der Waals surface area contributed by atoms with E-state index in [2.05, 4.69) is 13.8 Å². The lowest BCUT2D eigenvalue weighted by Gasteiger charge is -2.35. The SMILES string of the molecule is CCCCCCCCCC(CC1CCO1)OC(CCCCCCCCC)CC1CCO1.O=S(=O)(O)O. The van der Waals surface area contributed by atoms with Gasteiger partial charge in [-0.05, 0) is 38.5 Å². The van der Waals surface area contributed by atoms with E-state index in [4.69, 9.17) is 31.7 Å². The van der Waals surface area contributed by atoms with Crippen LogP contribution in [0.2, 0.25) is 0 Å². The maximum atomic E-state index is 8.74. The molecule has 0 radical (unpaired) electrons. The monoisotopic (exact) mass is 536 g/mol. The third kappa shape index (κ3) is 20.8. The zero-order valence-electron chi connectivity index (χ0n) is 23.2. The average molecular weight is 537 g/mol. The maximum absolute atomic E-state index is 8.74. The fraction of sp³-hybridized carbons (Fsp3) is 1.00. The van der Waals surface area contributed by atoms with Gasteiger partial charge in [0.05, 0.1) is 24.4 Å². The van der Waals surface area contributed by atoms with Crippen LogP contribution in [0, 0.1) is 0 Å². The Morgan fingerprint density at radius 3 is 1.25 bits per heavy atom. The van der Waals surface area contributed by atoms with Crippen LogP contribution < -0.4 is 0 Å². The maximum Gasteiger partial charge on any atom is 0.394 e. The van der Waals surface area contributed by atoms with E-state index in [1.165, 1.54) is 116 Å². The minimum atomic E-state index is -4.67. The van der Waals surface area contributed by atoms with Crippen LogP contribution in [0.25, 0.3) is 0 Å². The first-order chi connectivity index (χ1) is 17.3. The second kappa shape index (κ2) is 21.7. The Morgan fingerprint density at radius 1 is 0.667 bits per heavy atom. The summed E-state index contributed by atoms with van der Waals surface area (Å²) < 4.78 is 49.9. The van der Waals surface area contributed by atoms with Crippen LogP contribution in [-0.4, -0.2) is 55.2 Å². The minimum Gasteiger partial charge on any atom is -0.378 e. The molecule has 2 saturated heterocycles. The Balaban J connectivity index is 0.00000118. The molecular formula is C28H56O7S. The highest BCUT2D eigenvalue weighted by molar-refractivity contribution is 7.79. The molecule has 4 atom stereocenters. The Kier molecular flexibility index (Phi) is 20.3. The lowest BCUT2D eigenvalue weighted by Crippen LogP contribution is -2.36. The number of ether oxygens (including phenoxy) is 3. The summed E-state index contributed by atoms with van der Waals surface area (Å²) in [5, 5.41) is 0. The van der Waals surface area contributed by atoms with Crippen molar-refractivity contribution >= 4 is 10.4 Å². The van der Waals surface area contributed by atoms with Gasteiger partial charge in [0.15, 0.2) is 0 Å². The van der Waals surface area contributed by atoms with Gasteiger partial charge < -0.3 is 14.2 Å². The molecule has 0 spiro atoms. The van der Waals surface area contributed by atoms with Crippen molar-refractivity contribution in [2.75, 3.05) is 13.2 Å². The summed E-state index contributed by atoms with van der Waals surface area (Å²) in [6, 6.07) is 0.